The van der Waals surface area contributed by atoms with E-state index in [4.69, 9.17) is 4.84 Å². The Morgan fingerprint density at radius 1 is 1.32 bits per heavy atom. The third-order valence-electron chi connectivity index (χ3n) is 8.13. The molecule has 0 aromatic heterocycles. The van der Waals surface area contributed by atoms with Crippen molar-refractivity contribution in [1.29, 1.82) is 0 Å². The molecule has 0 amide bonds. The Hall–Kier alpha value is -1.91. The van der Waals surface area contributed by atoms with E-state index in [1.807, 2.05) is 0 Å². The molecule has 4 heteroatoms. The maximum absolute atomic E-state index is 10.2. The van der Waals surface area contributed by atoms with E-state index in [-0.39, 0.29) is 10.8 Å². The first-order valence-corrected chi connectivity index (χ1v) is 12.9. The first-order chi connectivity index (χ1) is 16.0. The van der Waals surface area contributed by atoms with Gasteiger partial charge in [0, 0.05) is 11.8 Å². The molecule has 2 N–H and O–H groups in total. The summed E-state index contributed by atoms with van der Waals surface area (Å²) in [7, 11) is 1.60. The molecule has 2 fully saturated rings. The Balaban J connectivity index is 1.73. The van der Waals surface area contributed by atoms with Crippen molar-refractivity contribution in [1.82, 2.24) is 0 Å². The monoisotopic (exact) mass is 467 g/mol. The molecule has 3 rings (SSSR count). The summed E-state index contributed by atoms with van der Waals surface area (Å²) in [6.07, 6.45) is 16.7. The third-order valence-corrected chi connectivity index (χ3v) is 8.13. The summed E-state index contributed by atoms with van der Waals surface area (Å²) in [6, 6.07) is 0. The molecule has 4 nitrogen and oxygen atoms in total. The van der Waals surface area contributed by atoms with Crippen LogP contribution in [0.4, 0.5) is 0 Å². The minimum absolute atomic E-state index is 0.0489. The van der Waals surface area contributed by atoms with Gasteiger partial charge in [-0.3, -0.25) is 0 Å². The zero-order chi connectivity index (χ0) is 25.1. The molecular formula is C30H45NO3. The SMILES string of the molecule is C=C1/C(=C\C=C2/CCC[C@]3(C)C([C@@H](C)C/C=C/C(=NOC)C(C)(C)C)=CC[C@@H]23)C[C@@H](O)C[C@@H]1O. The first-order valence-electron chi connectivity index (χ1n) is 12.9. The highest BCUT2D eigenvalue weighted by molar-refractivity contribution is 5.98. The number of aliphatic hydroxyl groups excluding tert-OH is 2. The second kappa shape index (κ2) is 10.8. The maximum atomic E-state index is 10.2. The molecule has 0 aromatic carbocycles. The van der Waals surface area contributed by atoms with E-state index in [2.05, 4.69) is 76.7 Å². The van der Waals surface area contributed by atoms with Gasteiger partial charge in [-0.05, 0) is 73.0 Å². The lowest BCUT2D eigenvalue weighted by Crippen LogP contribution is -2.32. The zero-order valence-corrected chi connectivity index (χ0v) is 22.1. The molecule has 2 saturated carbocycles. The molecule has 188 valence electrons. The van der Waals surface area contributed by atoms with Crippen molar-refractivity contribution >= 4 is 5.71 Å². The molecule has 0 unspecified atom stereocenters. The lowest BCUT2D eigenvalue weighted by molar-refractivity contribution is 0.0862. The Bertz CT molecular complexity index is 914. The Kier molecular flexibility index (Phi) is 8.47. The van der Waals surface area contributed by atoms with Crippen molar-refractivity contribution in [2.24, 2.45) is 27.8 Å². The summed E-state index contributed by atoms with van der Waals surface area (Å²) >= 11 is 0. The molecular weight excluding hydrogens is 422 g/mol. The predicted molar refractivity (Wildman–Crippen MR) is 142 cm³/mol. The van der Waals surface area contributed by atoms with Gasteiger partial charge in [-0.15, -0.1) is 0 Å². The molecule has 3 aliphatic rings. The maximum Gasteiger partial charge on any atom is 0.106 e. The van der Waals surface area contributed by atoms with Gasteiger partial charge in [0.05, 0.1) is 17.9 Å². The second-order valence-electron chi connectivity index (χ2n) is 11.7. The van der Waals surface area contributed by atoms with Crippen LogP contribution in [-0.2, 0) is 4.84 Å². The summed E-state index contributed by atoms with van der Waals surface area (Å²) in [5.41, 5.74) is 5.95. The molecule has 0 heterocycles. The van der Waals surface area contributed by atoms with E-state index in [9.17, 15) is 10.2 Å². The average Bonchev–Trinajstić information content (AvgIpc) is 3.11. The number of hydrogen-bond acceptors (Lipinski definition) is 4. The minimum atomic E-state index is -0.633. The quantitative estimate of drug-likeness (QED) is 0.260. The van der Waals surface area contributed by atoms with Crippen LogP contribution in [0.15, 0.2) is 64.4 Å². The van der Waals surface area contributed by atoms with Gasteiger partial charge in [-0.25, -0.2) is 0 Å². The lowest BCUT2D eigenvalue weighted by Gasteiger charge is -2.42. The predicted octanol–water partition coefficient (Wildman–Crippen LogP) is 6.68. The topological polar surface area (TPSA) is 62.0 Å². The lowest BCUT2D eigenvalue weighted by atomic mass is 9.62. The molecule has 0 saturated heterocycles. The van der Waals surface area contributed by atoms with Crippen LogP contribution < -0.4 is 0 Å². The van der Waals surface area contributed by atoms with E-state index in [1.165, 1.54) is 18.4 Å². The fourth-order valence-electron chi connectivity index (χ4n) is 6.11. The molecule has 0 bridgehead atoms. The number of allylic oxidation sites excluding steroid dienone is 7. The van der Waals surface area contributed by atoms with Crippen molar-refractivity contribution in [2.75, 3.05) is 7.11 Å². The van der Waals surface area contributed by atoms with E-state index < -0.39 is 12.2 Å². The average molecular weight is 468 g/mol. The van der Waals surface area contributed by atoms with Crippen LogP contribution in [-0.4, -0.2) is 35.2 Å². The number of nitrogens with zero attached hydrogens (tertiary/aromatic N) is 1. The van der Waals surface area contributed by atoms with Crippen LogP contribution in [0.25, 0.3) is 0 Å². The van der Waals surface area contributed by atoms with Crippen LogP contribution in [0, 0.1) is 22.7 Å². The van der Waals surface area contributed by atoms with Gasteiger partial charge in [-0.2, -0.15) is 0 Å². The first kappa shape index (κ1) is 26.7. The minimum Gasteiger partial charge on any atom is -0.399 e. The molecule has 3 aliphatic carbocycles. The third kappa shape index (κ3) is 5.83. The Labute approximate surface area is 206 Å². The highest BCUT2D eigenvalue weighted by Crippen LogP contribution is 2.57. The Morgan fingerprint density at radius 3 is 2.74 bits per heavy atom. The van der Waals surface area contributed by atoms with Crippen LogP contribution >= 0.6 is 0 Å². The number of hydrogen-bond donors (Lipinski definition) is 2. The number of fused-ring (bicyclic) bond motifs is 1. The van der Waals surface area contributed by atoms with E-state index in [0.717, 1.165) is 36.1 Å². The molecule has 0 radical (unpaired) electrons. The van der Waals surface area contributed by atoms with Crippen LogP contribution in [0.3, 0.4) is 0 Å². The van der Waals surface area contributed by atoms with Crippen molar-refractivity contribution in [3.63, 3.8) is 0 Å². The van der Waals surface area contributed by atoms with Crippen molar-refractivity contribution < 1.29 is 15.1 Å². The van der Waals surface area contributed by atoms with E-state index in [0.29, 0.717) is 24.7 Å². The summed E-state index contributed by atoms with van der Waals surface area (Å²) in [5, 5.41) is 24.5. The van der Waals surface area contributed by atoms with Gasteiger partial charge in [0.15, 0.2) is 0 Å². The highest BCUT2D eigenvalue weighted by atomic mass is 16.6. The molecule has 5 atom stereocenters. The molecule has 34 heavy (non-hydrogen) atoms. The zero-order valence-electron chi connectivity index (χ0n) is 22.1. The molecule has 0 aliphatic heterocycles. The van der Waals surface area contributed by atoms with Gasteiger partial charge in [-0.1, -0.05) is 81.8 Å². The largest absolute Gasteiger partial charge is 0.399 e. The number of aliphatic hydroxyl groups is 2. The fourth-order valence-corrected chi connectivity index (χ4v) is 6.11. The van der Waals surface area contributed by atoms with Crippen LogP contribution in [0.5, 0.6) is 0 Å². The van der Waals surface area contributed by atoms with Gasteiger partial charge in [0.25, 0.3) is 0 Å². The van der Waals surface area contributed by atoms with Crippen molar-refractivity contribution in [3.8, 4) is 0 Å². The van der Waals surface area contributed by atoms with E-state index >= 15 is 0 Å². The van der Waals surface area contributed by atoms with Crippen LogP contribution in [0.2, 0.25) is 0 Å². The van der Waals surface area contributed by atoms with Crippen molar-refractivity contribution in [2.45, 2.75) is 91.8 Å². The van der Waals surface area contributed by atoms with Gasteiger partial charge in [0.2, 0.25) is 0 Å². The van der Waals surface area contributed by atoms with Gasteiger partial charge >= 0.3 is 0 Å². The standard InChI is InChI=1S/C30H45NO3/c1-20(10-8-12-28(31-34-7)29(3,4)5)25-15-16-26-22(11-9-17-30(25,26)6)13-14-23-18-24(32)19-27(33)21(23)2/h8,12-15,20,24,26-27,32-33H,2,9-11,16-19H2,1,3-7H3/b12-8+,22-13+,23-14-,31-28?/t20-,24+,26-,27-,30+/m0/s1. The number of rotatable bonds is 6. The highest BCUT2D eigenvalue weighted by Gasteiger charge is 2.45. The van der Waals surface area contributed by atoms with Gasteiger partial charge < -0.3 is 15.1 Å². The van der Waals surface area contributed by atoms with Crippen LogP contribution in [0.1, 0.15) is 79.6 Å². The van der Waals surface area contributed by atoms with E-state index in [1.54, 1.807) is 12.7 Å². The summed E-state index contributed by atoms with van der Waals surface area (Å²) in [6.45, 7) is 15.3. The molecule has 0 aromatic rings. The Morgan fingerprint density at radius 2 is 2.06 bits per heavy atom. The summed E-state index contributed by atoms with van der Waals surface area (Å²) in [5.74, 6) is 1.02. The molecule has 0 spiro atoms. The second-order valence-corrected chi connectivity index (χ2v) is 11.7. The smallest absolute Gasteiger partial charge is 0.106 e. The fraction of sp³-hybridized carbons (Fsp3) is 0.633. The normalized spacial score (nSPS) is 34.0. The number of oxime groups is 1. The van der Waals surface area contributed by atoms with Crippen molar-refractivity contribution in [3.05, 3.63) is 59.3 Å². The summed E-state index contributed by atoms with van der Waals surface area (Å²) in [4.78, 5) is 5.05. The summed E-state index contributed by atoms with van der Waals surface area (Å²) < 4.78 is 0. The van der Waals surface area contributed by atoms with Gasteiger partial charge in [0.1, 0.15) is 7.11 Å².